The Labute approximate surface area is 113 Å². The summed E-state index contributed by atoms with van der Waals surface area (Å²) in [5.74, 6) is 0.678. The quantitative estimate of drug-likeness (QED) is 0.678. The van der Waals surface area contributed by atoms with E-state index >= 15 is 0 Å². The molecule has 0 fully saturated rings. The van der Waals surface area contributed by atoms with E-state index in [4.69, 9.17) is 14.9 Å². The molecule has 0 saturated heterocycles. The number of hydrogen-bond acceptors (Lipinski definition) is 4. The molecule has 0 heterocycles. The van der Waals surface area contributed by atoms with Crippen LogP contribution in [0, 0.1) is 0 Å². The number of ether oxygens (including phenoxy) is 1. The minimum absolute atomic E-state index is 0.0184. The third-order valence-electron chi connectivity index (χ3n) is 2.65. The lowest BCUT2D eigenvalue weighted by Crippen LogP contribution is -2.36. The monoisotopic (exact) mass is 267 g/mol. The van der Waals surface area contributed by atoms with Crippen molar-refractivity contribution in [2.24, 2.45) is 0 Å². The Morgan fingerprint density at radius 1 is 1.37 bits per heavy atom. The van der Waals surface area contributed by atoms with Crippen LogP contribution in [0.25, 0.3) is 0 Å². The van der Waals surface area contributed by atoms with Crippen LogP contribution >= 0.6 is 0 Å². The lowest BCUT2D eigenvalue weighted by atomic mass is 10.0. The van der Waals surface area contributed by atoms with E-state index in [1.807, 2.05) is 24.3 Å². The number of benzene rings is 1. The zero-order chi connectivity index (χ0) is 14.3. The van der Waals surface area contributed by atoms with Gasteiger partial charge in [0.05, 0.1) is 12.7 Å². The average Bonchev–Trinajstić information content (AvgIpc) is 2.42. The number of para-hydroxylation sites is 1. The molecule has 0 bridgehead atoms. The SMILES string of the molecule is CC(C)c1ccccc1OCC(=O)NCC(O)CO. The summed E-state index contributed by atoms with van der Waals surface area (Å²) in [7, 11) is 0. The van der Waals surface area contributed by atoms with Crippen molar-refractivity contribution in [2.75, 3.05) is 19.8 Å². The van der Waals surface area contributed by atoms with Gasteiger partial charge >= 0.3 is 0 Å². The summed E-state index contributed by atoms with van der Waals surface area (Å²) in [5, 5.41) is 20.2. The van der Waals surface area contributed by atoms with Gasteiger partial charge in [-0.1, -0.05) is 32.0 Å². The lowest BCUT2D eigenvalue weighted by Gasteiger charge is -2.14. The van der Waals surface area contributed by atoms with Gasteiger partial charge in [0.15, 0.2) is 6.61 Å². The topological polar surface area (TPSA) is 78.8 Å². The van der Waals surface area contributed by atoms with E-state index in [0.717, 1.165) is 5.56 Å². The minimum Gasteiger partial charge on any atom is -0.483 e. The molecular weight excluding hydrogens is 246 g/mol. The van der Waals surface area contributed by atoms with Crippen molar-refractivity contribution in [1.29, 1.82) is 0 Å². The van der Waals surface area contributed by atoms with Crippen molar-refractivity contribution in [2.45, 2.75) is 25.9 Å². The first kappa shape index (κ1) is 15.5. The highest BCUT2D eigenvalue weighted by atomic mass is 16.5. The van der Waals surface area contributed by atoms with Crippen LogP contribution in [-0.2, 0) is 4.79 Å². The van der Waals surface area contributed by atoms with E-state index in [9.17, 15) is 4.79 Å². The minimum atomic E-state index is -0.938. The van der Waals surface area contributed by atoms with Gasteiger partial charge in [0.2, 0.25) is 0 Å². The summed E-state index contributed by atoms with van der Waals surface area (Å²) in [4.78, 5) is 11.5. The molecule has 0 radical (unpaired) electrons. The first-order valence-corrected chi connectivity index (χ1v) is 6.32. The third-order valence-corrected chi connectivity index (χ3v) is 2.65. The molecule has 19 heavy (non-hydrogen) atoms. The van der Waals surface area contributed by atoms with Crippen LogP contribution in [0.3, 0.4) is 0 Å². The Kier molecular flexibility index (Phi) is 6.32. The fourth-order valence-electron chi connectivity index (χ4n) is 1.58. The number of hydrogen-bond donors (Lipinski definition) is 3. The summed E-state index contributed by atoms with van der Waals surface area (Å²) < 4.78 is 5.47. The standard InChI is InChI=1S/C14H21NO4/c1-10(2)12-5-3-4-6-13(12)19-9-14(18)15-7-11(17)8-16/h3-6,10-11,16-17H,7-9H2,1-2H3,(H,15,18). The first-order chi connectivity index (χ1) is 9.04. The number of amides is 1. The highest BCUT2D eigenvalue weighted by molar-refractivity contribution is 5.77. The van der Waals surface area contributed by atoms with Crippen molar-refractivity contribution in [3.05, 3.63) is 29.8 Å². The number of aliphatic hydroxyl groups is 2. The van der Waals surface area contributed by atoms with Gasteiger partial charge in [0, 0.05) is 6.54 Å². The molecule has 1 atom stereocenters. The summed E-state index contributed by atoms with van der Waals surface area (Å²) in [6.45, 7) is 3.64. The van der Waals surface area contributed by atoms with Crippen molar-refractivity contribution in [3.63, 3.8) is 0 Å². The summed E-state index contributed by atoms with van der Waals surface area (Å²) >= 11 is 0. The molecule has 106 valence electrons. The molecule has 1 aromatic rings. The molecule has 1 amide bonds. The van der Waals surface area contributed by atoms with Crippen LogP contribution in [0.4, 0.5) is 0 Å². The summed E-state index contributed by atoms with van der Waals surface area (Å²) in [5.41, 5.74) is 1.05. The molecule has 0 aliphatic rings. The van der Waals surface area contributed by atoms with Gasteiger partial charge in [-0.3, -0.25) is 4.79 Å². The highest BCUT2D eigenvalue weighted by Gasteiger charge is 2.10. The van der Waals surface area contributed by atoms with Crippen LogP contribution in [0.5, 0.6) is 5.75 Å². The molecule has 3 N–H and O–H groups in total. The molecule has 0 aromatic heterocycles. The Hall–Kier alpha value is -1.59. The number of carbonyl (C=O) groups excluding carboxylic acids is 1. The highest BCUT2D eigenvalue weighted by Crippen LogP contribution is 2.25. The largest absolute Gasteiger partial charge is 0.483 e. The lowest BCUT2D eigenvalue weighted by molar-refractivity contribution is -0.123. The van der Waals surface area contributed by atoms with Crippen molar-refractivity contribution in [3.8, 4) is 5.75 Å². The van der Waals surface area contributed by atoms with E-state index in [2.05, 4.69) is 19.2 Å². The Morgan fingerprint density at radius 3 is 2.68 bits per heavy atom. The van der Waals surface area contributed by atoms with Crippen LogP contribution in [0.1, 0.15) is 25.3 Å². The maximum absolute atomic E-state index is 11.5. The molecule has 0 saturated carbocycles. The maximum atomic E-state index is 11.5. The van der Waals surface area contributed by atoms with Gasteiger partial charge in [-0.25, -0.2) is 0 Å². The van der Waals surface area contributed by atoms with Gasteiger partial charge in [0.25, 0.3) is 5.91 Å². The Balaban J connectivity index is 2.46. The average molecular weight is 267 g/mol. The van der Waals surface area contributed by atoms with Crippen LogP contribution < -0.4 is 10.1 Å². The molecule has 0 aliphatic carbocycles. The fourth-order valence-corrected chi connectivity index (χ4v) is 1.58. The predicted octanol–water partition coefficient (Wildman–Crippen LogP) is 0.658. The van der Waals surface area contributed by atoms with Crippen LogP contribution in [-0.4, -0.2) is 42.0 Å². The predicted molar refractivity (Wildman–Crippen MR) is 72.1 cm³/mol. The second-order valence-corrected chi connectivity index (χ2v) is 4.62. The van der Waals surface area contributed by atoms with E-state index in [0.29, 0.717) is 11.7 Å². The van der Waals surface area contributed by atoms with Crippen molar-refractivity contribution < 1.29 is 19.7 Å². The molecule has 5 nitrogen and oxygen atoms in total. The van der Waals surface area contributed by atoms with Crippen molar-refractivity contribution >= 4 is 5.91 Å². The van der Waals surface area contributed by atoms with Gasteiger partial charge in [-0.05, 0) is 17.5 Å². The van der Waals surface area contributed by atoms with E-state index in [1.54, 1.807) is 0 Å². The van der Waals surface area contributed by atoms with Gasteiger partial charge < -0.3 is 20.3 Å². The molecule has 0 spiro atoms. The van der Waals surface area contributed by atoms with E-state index in [-0.39, 0.29) is 25.7 Å². The Bertz CT molecular complexity index is 406. The van der Waals surface area contributed by atoms with Crippen LogP contribution in [0.15, 0.2) is 24.3 Å². The van der Waals surface area contributed by atoms with Gasteiger partial charge in [0.1, 0.15) is 5.75 Å². The van der Waals surface area contributed by atoms with Crippen LogP contribution in [0.2, 0.25) is 0 Å². The summed E-state index contributed by atoms with van der Waals surface area (Å²) in [6.07, 6.45) is -0.938. The first-order valence-electron chi connectivity index (χ1n) is 6.32. The van der Waals surface area contributed by atoms with Gasteiger partial charge in [-0.2, -0.15) is 0 Å². The third kappa shape index (κ3) is 5.28. The van der Waals surface area contributed by atoms with E-state index < -0.39 is 6.10 Å². The number of carbonyl (C=O) groups is 1. The Morgan fingerprint density at radius 2 is 2.05 bits per heavy atom. The number of rotatable bonds is 7. The number of aliphatic hydroxyl groups excluding tert-OH is 2. The van der Waals surface area contributed by atoms with E-state index in [1.165, 1.54) is 0 Å². The van der Waals surface area contributed by atoms with Gasteiger partial charge in [-0.15, -0.1) is 0 Å². The maximum Gasteiger partial charge on any atom is 0.258 e. The molecular formula is C14H21NO4. The smallest absolute Gasteiger partial charge is 0.258 e. The normalized spacial score (nSPS) is 12.3. The zero-order valence-corrected chi connectivity index (χ0v) is 11.3. The second kappa shape index (κ2) is 7.76. The van der Waals surface area contributed by atoms with Crippen molar-refractivity contribution in [1.82, 2.24) is 5.32 Å². The second-order valence-electron chi connectivity index (χ2n) is 4.62. The molecule has 0 aliphatic heterocycles. The fraction of sp³-hybridized carbons (Fsp3) is 0.500. The zero-order valence-electron chi connectivity index (χ0n) is 11.3. The molecule has 1 rings (SSSR count). The molecule has 5 heteroatoms. The number of nitrogens with one attached hydrogen (secondary N) is 1. The molecule has 1 unspecified atom stereocenters. The summed E-state index contributed by atoms with van der Waals surface area (Å²) in [6, 6.07) is 7.58. The molecule has 1 aromatic carbocycles.